The monoisotopic (exact) mass is 310 g/mol. The number of carboxylic acid groups (broad SMARTS) is 1. The number of rotatable bonds is 11. The van der Waals surface area contributed by atoms with E-state index < -0.39 is 17.5 Å². The number of hydrogen-bond acceptors (Lipinski definition) is 4. The number of carbonyl (C=O) groups is 1. The van der Waals surface area contributed by atoms with Gasteiger partial charge in [-0.25, -0.2) is 4.79 Å². The van der Waals surface area contributed by atoms with Crippen molar-refractivity contribution in [1.29, 1.82) is 0 Å². The molecule has 0 saturated heterocycles. The molecular weight excluding hydrogens is 284 g/mol. The molecule has 0 aromatic heterocycles. The van der Waals surface area contributed by atoms with Crippen LogP contribution in [-0.2, 0) is 11.2 Å². The molecule has 0 amide bonds. The standard InChI is InChI=1S/C17H26O5/c1-2-3-4-5-6-11-22-12-7-8-13-9-10-14(18)16(19)15(13)17(20)21/h9-10,18-19H,2-8,11-12H2,1H3,(H,20,21). The second-order valence-corrected chi connectivity index (χ2v) is 5.40. The first-order valence-electron chi connectivity index (χ1n) is 7.92. The predicted octanol–water partition coefficient (Wildman–Crippen LogP) is 3.72. The number of aromatic carboxylic acids is 1. The van der Waals surface area contributed by atoms with Gasteiger partial charge in [0, 0.05) is 13.2 Å². The molecule has 1 aromatic rings. The van der Waals surface area contributed by atoms with Crippen molar-refractivity contribution in [1.82, 2.24) is 0 Å². The molecule has 0 bridgehead atoms. The summed E-state index contributed by atoms with van der Waals surface area (Å²) in [5.41, 5.74) is 0.286. The Balaban J connectivity index is 2.31. The Kier molecular flexibility index (Phi) is 8.36. The Labute approximate surface area is 131 Å². The van der Waals surface area contributed by atoms with Gasteiger partial charge >= 0.3 is 5.97 Å². The van der Waals surface area contributed by atoms with E-state index in [1.807, 2.05) is 0 Å². The van der Waals surface area contributed by atoms with E-state index in [0.29, 0.717) is 25.0 Å². The smallest absolute Gasteiger partial charge is 0.339 e. The van der Waals surface area contributed by atoms with E-state index in [2.05, 4.69) is 6.92 Å². The molecule has 0 aliphatic heterocycles. The molecule has 0 radical (unpaired) electrons. The van der Waals surface area contributed by atoms with Crippen molar-refractivity contribution in [3.05, 3.63) is 23.3 Å². The maximum absolute atomic E-state index is 11.2. The largest absolute Gasteiger partial charge is 0.504 e. The van der Waals surface area contributed by atoms with Crippen molar-refractivity contribution in [3.63, 3.8) is 0 Å². The third-order valence-corrected chi connectivity index (χ3v) is 3.58. The molecule has 124 valence electrons. The van der Waals surface area contributed by atoms with Crippen molar-refractivity contribution in [2.75, 3.05) is 13.2 Å². The van der Waals surface area contributed by atoms with Gasteiger partial charge in [-0.3, -0.25) is 0 Å². The molecule has 0 heterocycles. The van der Waals surface area contributed by atoms with Gasteiger partial charge in [0.1, 0.15) is 5.56 Å². The summed E-state index contributed by atoms with van der Waals surface area (Å²) >= 11 is 0. The zero-order valence-electron chi connectivity index (χ0n) is 13.2. The molecule has 22 heavy (non-hydrogen) atoms. The summed E-state index contributed by atoms with van der Waals surface area (Å²) in [4.78, 5) is 11.2. The minimum atomic E-state index is -1.24. The minimum absolute atomic E-state index is 0.223. The van der Waals surface area contributed by atoms with Gasteiger partial charge in [0.2, 0.25) is 0 Å². The van der Waals surface area contributed by atoms with Crippen molar-refractivity contribution in [2.24, 2.45) is 0 Å². The Bertz CT molecular complexity index is 470. The number of ether oxygens (including phenoxy) is 1. The molecule has 0 aliphatic carbocycles. The van der Waals surface area contributed by atoms with Crippen molar-refractivity contribution < 1.29 is 24.9 Å². The number of benzene rings is 1. The number of carboxylic acids is 1. The molecule has 0 atom stereocenters. The highest BCUT2D eigenvalue weighted by atomic mass is 16.5. The van der Waals surface area contributed by atoms with Crippen molar-refractivity contribution in [3.8, 4) is 11.5 Å². The average Bonchev–Trinajstić information content (AvgIpc) is 2.48. The van der Waals surface area contributed by atoms with Crippen LogP contribution in [0.2, 0.25) is 0 Å². The second kappa shape index (κ2) is 10.1. The molecule has 5 nitrogen and oxygen atoms in total. The van der Waals surface area contributed by atoms with Crippen LogP contribution in [0.3, 0.4) is 0 Å². The van der Waals surface area contributed by atoms with Gasteiger partial charge in [-0.2, -0.15) is 0 Å². The number of phenolic OH excluding ortho intramolecular Hbond substituents is 1. The van der Waals surface area contributed by atoms with Crippen LogP contribution in [-0.4, -0.2) is 34.5 Å². The summed E-state index contributed by atoms with van der Waals surface area (Å²) in [7, 11) is 0. The summed E-state index contributed by atoms with van der Waals surface area (Å²) in [5.74, 6) is -2.22. The van der Waals surface area contributed by atoms with Crippen LogP contribution in [0.25, 0.3) is 0 Å². The third kappa shape index (κ3) is 5.93. The van der Waals surface area contributed by atoms with E-state index in [1.165, 1.54) is 37.8 Å². The van der Waals surface area contributed by atoms with Crippen LogP contribution in [0, 0.1) is 0 Å². The van der Waals surface area contributed by atoms with E-state index in [4.69, 9.17) is 9.84 Å². The molecule has 1 aromatic carbocycles. The zero-order valence-corrected chi connectivity index (χ0v) is 13.2. The summed E-state index contributed by atoms with van der Waals surface area (Å²) in [5, 5.41) is 28.1. The van der Waals surface area contributed by atoms with Crippen LogP contribution in [0.4, 0.5) is 0 Å². The highest BCUT2D eigenvalue weighted by molar-refractivity contribution is 5.93. The predicted molar refractivity (Wildman–Crippen MR) is 84.6 cm³/mol. The van der Waals surface area contributed by atoms with Crippen LogP contribution in [0.1, 0.15) is 61.4 Å². The van der Waals surface area contributed by atoms with E-state index in [1.54, 1.807) is 0 Å². The zero-order chi connectivity index (χ0) is 16.4. The Morgan fingerprint density at radius 1 is 1.05 bits per heavy atom. The van der Waals surface area contributed by atoms with Gasteiger partial charge in [0.25, 0.3) is 0 Å². The number of aromatic hydroxyl groups is 2. The first-order chi connectivity index (χ1) is 10.6. The molecule has 1 rings (SSSR count). The fourth-order valence-corrected chi connectivity index (χ4v) is 2.34. The highest BCUT2D eigenvalue weighted by Gasteiger charge is 2.18. The summed E-state index contributed by atoms with van der Waals surface area (Å²) in [6.45, 7) is 3.48. The second-order valence-electron chi connectivity index (χ2n) is 5.40. The molecular formula is C17H26O5. The molecule has 5 heteroatoms. The van der Waals surface area contributed by atoms with Crippen LogP contribution < -0.4 is 0 Å². The normalized spacial score (nSPS) is 10.8. The number of unbranched alkanes of at least 4 members (excludes halogenated alkanes) is 4. The summed E-state index contributed by atoms with van der Waals surface area (Å²) < 4.78 is 5.53. The molecule has 0 aliphatic rings. The number of hydrogen-bond donors (Lipinski definition) is 3. The fourth-order valence-electron chi connectivity index (χ4n) is 2.34. The van der Waals surface area contributed by atoms with Crippen molar-refractivity contribution >= 4 is 5.97 Å². The minimum Gasteiger partial charge on any atom is -0.504 e. The Morgan fingerprint density at radius 3 is 2.41 bits per heavy atom. The fraction of sp³-hybridized carbons (Fsp3) is 0.588. The molecule has 3 N–H and O–H groups in total. The van der Waals surface area contributed by atoms with E-state index in [9.17, 15) is 15.0 Å². The Morgan fingerprint density at radius 2 is 1.73 bits per heavy atom. The maximum atomic E-state index is 11.2. The van der Waals surface area contributed by atoms with Crippen LogP contribution in [0.5, 0.6) is 11.5 Å². The first-order valence-corrected chi connectivity index (χ1v) is 7.92. The molecule has 0 fully saturated rings. The lowest BCUT2D eigenvalue weighted by molar-refractivity contribution is 0.0691. The van der Waals surface area contributed by atoms with E-state index in [0.717, 1.165) is 13.0 Å². The lowest BCUT2D eigenvalue weighted by Crippen LogP contribution is -2.05. The van der Waals surface area contributed by atoms with Crippen LogP contribution >= 0.6 is 0 Å². The first kappa shape index (κ1) is 18.3. The van der Waals surface area contributed by atoms with E-state index in [-0.39, 0.29) is 5.56 Å². The van der Waals surface area contributed by atoms with Gasteiger partial charge in [0.05, 0.1) is 0 Å². The SMILES string of the molecule is CCCCCCCOCCCc1ccc(O)c(O)c1C(=O)O. The number of phenols is 2. The van der Waals surface area contributed by atoms with E-state index >= 15 is 0 Å². The summed E-state index contributed by atoms with van der Waals surface area (Å²) in [6, 6.07) is 2.84. The van der Waals surface area contributed by atoms with Gasteiger partial charge < -0.3 is 20.1 Å². The van der Waals surface area contributed by atoms with Gasteiger partial charge in [-0.05, 0) is 30.9 Å². The Hall–Kier alpha value is -1.75. The van der Waals surface area contributed by atoms with Crippen molar-refractivity contribution in [2.45, 2.75) is 51.9 Å². The van der Waals surface area contributed by atoms with Gasteiger partial charge in [-0.1, -0.05) is 38.7 Å². The van der Waals surface area contributed by atoms with Gasteiger partial charge in [-0.15, -0.1) is 0 Å². The average molecular weight is 310 g/mol. The van der Waals surface area contributed by atoms with Gasteiger partial charge in [0.15, 0.2) is 11.5 Å². The lowest BCUT2D eigenvalue weighted by atomic mass is 10.0. The quantitative estimate of drug-likeness (QED) is 0.428. The molecule has 0 spiro atoms. The number of aryl methyl sites for hydroxylation is 1. The maximum Gasteiger partial charge on any atom is 0.339 e. The van der Waals surface area contributed by atoms with Crippen LogP contribution in [0.15, 0.2) is 12.1 Å². The molecule has 0 saturated carbocycles. The molecule has 0 unspecified atom stereocenters. The third-order valence-electron chi connectivity index (χ3n) is 3.58. The highest BCUT2D eigenvalue weighted by Crippen LogP contribution is 2.31. The lowest BCUT2D eigenvalue weighted by Gasteiger charge is -2.09. The topological polar surface area (TPSA) is 87.0 Å². The summed E-state index contributed by atoms with van der Waals surface area (Å²) in [6.07, 6.45) is 7.15.